The standard InChI is InChI=1S/C19H27N3O2/c1-12-7-13(8-20-4)5-6-16(12)24-11-19(2,3)22-18(23)17-14-9-21-10-15(14)17/h5-8,14-15,17,21H,9-11H2,1-4H3,(H,22,23)/t14-,15+,17?. The van der Waals surface area contributed by atoms with Gasteiger partial charge in [0.15, 0.2) is 0 Å². The maximum atomic E-state index is 12.4. The van der Waals surface area contributed by atoms with Gasteiger partial charge in [-0.2, -0.15) is 0 Å². The lowest BCUT2D eigenvalue weighted by molar-refractivity contribution is -0.125. The highest BCUT2D eigenvalue weighted by Gasteiger charge is 2.57. The molecule has 3 atom stereocenters. The summed E-state index contributed by atoms with van der Waals surface area (Å²) in [7, 11) is 1.76. The van der Waals surface area contributed by atoms with Crippen LogP contribution in [-0.2, 0) is 4.79 Å². The third kappa shape index (κ3) is 3.61. The van der Waals surface area contributed by atoms with Gasteiger partial charge >= 0.3 is 0 Å². The molecule has 0 bridgehead atoms. The molecule has 1 aromatic carbocycles. The molecule has 0 aromatic heterocycles. The van der Waals surface area contributed by atoms with Gasteiger partial charge in [0.25, 0.3) is 0 Å². The van der Waals surface area contributed by atoms with Crippen LogP contribution in [0.1, 0.15) is 25.0 Å². The molecule has 1 heterocycles. The fourth-order valence-corrected chi connectivity index (χ4v) is 3.58. The number of benzene rings is 1. The predicted molar refractivity (Wildman–Crippen MR) is 95.8 cm³/mol. The summed E-state index contributed by atoms with van der Waals surface area (Å²) >= 11 is 0. The van der Waals surface area contributed by atoms with Crippen molar-refractivity contribution in [3.8, 4) is 5.75 Å². The van der Waals surface area contributed by atoms with E-state index >= 15 is 0 Å². The van der Waals surface area contributed by atoms with Gasteiger partial charge in [-0.3, -0.25) is 9.79 Å². The van der Waals surface area contributed by atoms with Gasteiger partial charge in [-0.25, -0.2) is 0 Å². The smallest absolute Gasteiger partial charge is 0.224 e. The second-order valence-corrected chi connectivity index (χ2v) is 7.59. The second kappa shape index (κ2) is 6.55. The normalized spacial score (nSPS) is 25.6. The number of aliphatic imine (C=N–C) groups is 1. The van der Waals surface area contributed by atoms with Crippen LogP contribution in [0.3, 0.4) is 0 Å². The molecule has 1 aliphatic carbocycles. The topological polar surface area (TPSA) is 62.7 Å². The Balaban J connectivity index is 1.54. The van der Waals surface area contributed by atoms with Crippen LogP contribution in [0.2, 0.25) is 0 Å². The Labute approximate surface area is 143 Å². The number of amides is 1. The lowest BCUT2D eigenvalue weighted by atomic mass is 10.1. The van der Waals surface area contributed by atoms with Crippen molar-refractivity contribution in [1.29, 1.82) is 0 Å². The van der Waals surface area contributed by atoms with Crippen LogP contribution < -0.4 is 15.4 Å². The van der Waals surface area contributed by atoms with E-state index in [0.29, 0.717) is 18.4 Å². The zero-order chi connectivity index (χ0) is 17.3. The molecule has 0 radical (unpaired) electrons. The van der Waals surface area contributed by atoms with Crippen LogP contribution in [0, 0.1) is 24.7 Å². The van der Waals surface area contributed by atoms with E-state index in [1.54, 1.807) is 7.05 Å². The van der Waals surface area contributed by atoms with E-state index in [-0.39, 0.29) is 11.8 Å². The van der Waals surface area contributed by atoms with E-state index in [2.05, 4.69) is 15.6 Å². The monoisotopic (exact) mass is 329 g/mol. The molecule has 0 spiro atoms. The van der Waals surface area contributed by atoms with Gasteiger partial charge in [0.1, 0.15) is 12.4 Å². The first-order valence-electron chi connectivity index (χ1n) is 8.59. The number of fused-ring (bicyclic) bond motifs is 1. The van der Waals surface area contributed by atoms with Crippen LogP contribution in [0.25, 0.3) is 0 Å². The van der Waals surface area contributed by atoms with E-state index in [4.69, 9.17) is 4.74 Å². The molecule has 2 N–H and O–H groups in total. The molecule has 5 heteroatoms. The zero-order valence-electron chi connectivity index (χ0n) is 14.9. The first kappa shape index (κ1) is 17.0. The largest absolute Gasteiger partial charge is 0.491 e. The summed E-state index contributed by atoms with van der Waals surface area (Å²) in [6, 6.07) is 5.99. The Hall–Kier alpha value is -1.88. The van der Waals surface area contributed by atoms with Crippen molar-refractivity contribution in [3.63, 3.8) is 0 Å². The van der Waals surface area contributed by atoms with Crippen molar-refractivity contribution < 1.29 is 9.53 Å². The summed E-state index contributed by atoms with van der Waals surface area (Å²) in [6.45, 7) is 8.44. The Morgan fingerprint density at radius 2 is 2.12 bits per heavy atom. The lowest BCUT2D eigenvalue weighted by Crippen LogP contribution is -2.49. The fraction of sp³-hybridized carbons (Fsp3) is 0.579. The molecule has 5 nitrogen and oxygen atoms in total. The highest BCUT2D eigenvalue weighted by atomic mass is 16.5. The number of piperidine rings is 1. The third-order valence-electron chi connectivity index (χ3n) is 4.92. The number of nitrogens with one attached hydrogen (secondary N) is 2. The quantitative estimate of drug-likeness (QED) is 0.782. The summed E-state index contributed by atoms with van der Waals surface area (Å²) in [5.41, 5.74) is 1.73. The lowest BCUT2D eigenvalue weighted by Gasteiger charge is -2.27. The van der Waals surface area contributed by atoms with Crippen LogP contribution in [-0.4, -0.2) is 44.4 Å². The van der Waals surface area contributed by atoms with E-state index in [9.17, 15) is 4.79 Å². The molecule has 1 amide bonds. The molecule has 1 unspecified atom stereocenters. The first-order chi connectivity index (χ1) is 11.4. The second-order valence-electron chi connectivity index (χ2n) is 7.59. The van der Waals surface area contributed by atoms with Crippen LogP contribution in [0.15, 0.2) is 23.2 Å². The first-order valence-corrected chi connectivity index (χ1v) is 8.59. The van der Waals surface area contributed by atoms with Gasteiger partial charge in [-0.15, -0.1) is 0 Å². The number of hydrogen-bond acceptors (Lipinski definition) is 4. The highest BCUT2D eigenvalue weighted by molar-refractivity contribution is 5.83. The van der Waals surface area contributed by atoms with Gasteiger partial charge in [-0.05, 0) is 75.0 Å². The van der Waals surface area contributed by atoms with Gasteiger partial charge in [0.05, 0.1) is 5.54 Å². The van der Waals surface area contributed by atoms with Crippen molar-refractivity contribution in [1.82, 2.24) is 10.6 Å². The van der Waals surface area contributed by atoms with Crippen LogP contribution in [0.4, 0.5) is 0 Å². The molecule has 1 saturated carbocycles. The summed E-state index contributed by atoms with van der Waals surface area (Å²) in [5, 5.41) is 6.48. The van der Waals surface area contributed by atoms with Crippen LogP contribution in [0.5, 0.6) is 5.75 Å². The van der Waals surface area contributed by atoms with E-state index in [1.165, 1.54) is 0 Å². The molecule has 1 aliphatic heterocycles. The molecule has 1 aromatic rings. The Bertz CT molecular complexity index is 644. The van der Waals surface area contributed by atoms with Crippen molar-refractivity contribution in [3.05, 3.63) is 29.3 Å². The van der Waals surface area contributed by atoms with E-state index in [1.807, 2.05) is 45.2 Å². The minimum absolute atomic E-state index is 0.173. The van der Waals surface area contributed by atoms with E-state index < -0.39 is 5.54 Å². The summed E-state index contributed by atoms with van der Waals surface area (Å²) in [4.78, 5) is 16.4. The van der Waals surface area contributed by atoms with Gasteiger partial charge in [0, 0.05) is 19.2 Å². The van der Waals surface area contributed by atoms with Crippen LogP contribution >= 0.6 is 0 Å². The Morgan fingerprint density at radius 3 is 2.75 bits per heavy atom. The number of nitrogens with zero attached hydrogens (tertiary/aromatic N) is 1. The summed E-state index contributed by atoms with van der Waals surface area (Å²) in [6.07, 6.45) is 1.82. The number of aryl methyl sites for hydroxylation is 1. The minimum Gasteiger partial charge on any atom is -0.491 e. The molecule has 1 saturated heterocycles. The number of carbonyl (C=O) groups is 1. The van der Waals surface area contributed by atoms with Crippen molar-refractivity contribution in [2.75, 3.05) is 26.7 Å². The molecule has 24 heavy (non-hydrogen) atoms. The van der Waals surface area contributed by atoms with Gasteiger partial charge < -0.3 is 15.4 Å². The van der Waals surface area contributed by atoms with Gasteiger partial charge in [0.2, 0.25) is 5.91 Å². The summed E-state index contributed by atoms with van der Waals surface area (Å²) in [5.74, 6) is 2.29. The molecular formula is C19H27N3O2. The Kier molecular flexibility index (Phi) is 4.63. The highest BCUT2D eigenvalue weighted by Crippen LogP contribution is 2.48. The fourth-order valence-electron chi connectivity index (χ4n) is 3.58. The maximum absolute atomic E-state index is 12.4. The number of hydrogen-bond donors (Lipinski definition) is 2. The average molecular weight is 329 g/mol. The average Bonchev–Trinajstić information content (AvgIpc) is 3.00. The molecular weight excluding hydrogens is 302 g/mol. The minimum atomic E-state index is -0.391. The van der Waals surface area contributed by atoms with Crippen molar-refractivity contribution >= 4 is 12.1 Å². The van der Waals surface area contributed by atoms with Gasteiger partial charge in [-0.1, -0.05) is 0 Å². The Morgan fingerprint density at radius 1 is 1.42 bits per heavy atom. The molecule has 130 valence electrons. The SMILES string of the molecule is CN=Cc1ccc(OCC(C)(C)NC(=O)C2[C@H]3CNC[C@@H]23)c(C)c1. The van der Waals surface area contributed by atoms with Crippen molar-refractivity contribution in [2.24, 2.45) is 22.7 Å². The number of ether oxygens (including phenoxy) is 1. The molecule has 2 aliphatic rings. The number of rotatable bonds is 6. The molecule has 2 fully saturated rings. The number of carbonyl (C=O) groups excluding carboxylic acids is 1. The zero-order valence-corrected chi connectivity index (χ0v) is 14.9. The predicted octanol–water partition coefficient (Wildman–Crippen LogP) is 1.78. The van der Waals surface area contributed by atoms with E-state index in [0.717, 1.165) is 30.0 Å². The third-order valence-corrected chi connectivity index (χ3v) is 4.92. The molecule has 3 rings (SSSR count). The summed E-state index contributed by atoms with van der Waals surface area (Å²) < 4.78 is 5.96. The van der Waals surface area contributed by atoms with Crippen molar-refractivity contribution in [2.45, 2.75) is 26.3 Å². The maximum Gasteiger partial charge on any atom is 0.224 e.